The molecule has 0 spiro atoms. The molecule has 0 radical (unpaired) electrons. The van der Waals surface area contributed by atoms with E-state index in [1.807, 2.05) is 6.92 Å². The molecule has 0 aromatic carbocycles. The van der Waals surface area contributed by atoms with Crippen molar-refractivity contribution in [2.75, 3.05) is 13.2 Å². The summed E-state index contributed by atoms with van der Waals surface area (Å²) in [7, 11) is 0. The van der Waals surface area contributed by atoms with Crippen LogP contribution in [-0.2, 0) is 4.74 Å². The molecular formula is C10H21NO2. The molecule has 1 heterocycles. The Labute approximate surface area is 80.5 Å². The summed E-state index contributed by atoms with van der Waals surface area (Å²) in [6.45, 7) is 9.60. The Bertz CT molecular complexity index is 168. The lowest BCUT2D eigenvalue weighted by Crippen LogP contribution is -2.58. The summed E-state index contributed by atoms with van der Waals surface area (Å²) in [4.78, 5) is 0. The Kier molecular flexibility index (Phi) is 3.00. The zero-order chi connectivity index (χ0) is 10.1. The van der Waals surface area contributed by atoms with Crippen LogP contribution in [0.1, 0.15) is 34.1 Å². The third-order valence-electron chi connectivity index (χ3n) is 2.45. The first kappa shape index (κ1) is 11.0. The number of morpholine rings is 1. The van der Waals surface area contributed by atoms with Gasteiger partial charge in [-0.05, 0) is 27.7 Å². The fourth-order valence-corrected chi connectivity index (χ4v) is 1.64. The molecular weight excluding hydrogens is 166 g/mol. The number of nitrogens with one attached hydrogen (secondary N) is 1. The molecule has 2 N–H and O–H groups in total. The van der Waals surface area contributed by atoms with Gasteiger partial charge in [-0.3, -0.25) is 0 Å². The maximum absolute atomic E-state index is 9.29. The third-order valence-corrected chi connectivity index (χ3v) is 2.45. The summed E-state index contributed by atoms with van der Waals surface area (Å²) in [6.07, 6.45) is 0.392. The average molecular weight is 187 g/mol. The first-order valence-corrected chi connectivity index (χ1v) is 4.90. The molecule has 0 amide bonds. The molecule has 0 aromatic rings. The van der Waals surface area contributed by atoms with Gasteiger partial charge < -0.3 is 15.2 Å². The first-order valence-electron chi connectivity index (χ1n) is 4.90. The predicted octanol–water partition coefficient (Wildman–Crippen LogP) is 0.914. The van der Waals surface area contributed by atoms with Gasteiger partial charge in [0, 0.05) is 18.5 Å². The van der Waals surface area contributed by atoms with Crippen molar-refractivity contribution in [2.45, 2.75) is 51.4 Å². The van der Waals surface area contributed by atoms with E-state index in [2.05, 4.69) is 19.2 Å². The summed E-state index contributed by atoms with van der Waals surface area (Å²) < 4.78 is 5.77. The molecule has 2 unspecified atom stereocenters. The smallest absolute Gasteiger partial charge is 0.0803 e. The van der Waals surface area contributed by atoms with E-state index in [0.717, 1.165) is 6.54 Å². The molecule has 0 aromatic heterocycles. The summed E-state index contributed by atoms with van der Waals surface area (Å²) in [5.74, 6) is 0. The van der Waals surface area contributed by atoms with Gasteiger partial charge in [0.05, 0.1) is 18.3 Å². The molecule has 1 saturated heterocycles. The summed E-state index contributed by atoms with van der Waals surface area (Å²) >= 11 is 0. The Morgan fingerprint density at radius 2 is 2.08 bits per heavy atom. The summed E-state index contributed by atoms with van der Waals surface area (Å²) in [6, 6.07) is 0. The minimum atomic E-state index is -0.298. The predicted molar refractivity (Wildman–Crippen MR) is 52.7 cm³/mol. The maximum atomic E-state index is 9.29. The van der Waals surface area contributed by atoms with Gasteiger partial charge in [-0.25, -0.2) is 0 Å². The van der Waals surface area contributed by atoms with Crippen molar-refractivity contribution < 1.29 is 9.84 Å². The van der Waals surface area contributed by atoms with E-state index in [0.29, 0.717) is 13.0 Å². The van der Waals surface area contributed by atoms with Crippen LogP contribution in [-0.4, -0.2) is 35.5 Å². The van der Waals surface area contributed by atoms with Crippen molar-refractivity contribution in [1.29, 1.82) is 0 Å². The van der Waals surface area contributed by atoms with Crippen LogP contribution in [0.4, 0.5) is 0 Å². The fourth-order valence-electron chi connectivity index (χ4n) is 1.64. The molecule has 1 rings (SSSR count). The summed E-state index contributed by atoms with van der Waals surface area (Å²) in [5, 5.41) is 12.7. The highest BCUT2D eigenvalue weighted by molar-refractivity contribution is 4.91. The number of ether oxygens (including phenoxy) is 1. The zero-order valence-electron chi connectivity index (χ0n) is 9.05. The standard InChI is InChI=1S/C10H21NO2/c1-8(12)5-10(4)6-11-9(2,3)7-13-10/h8,11-12H,5-7H2,1-4H3. The van der Waals surface area contributed by atoms with Crippen LogP contribution >= 0.6 is 0 Å². The van der Waals surface area contributed by atoms with Gasteiger partial charge >= 0.3 is 0 Å². The molecule has 13 heavy (non-hydrogen) atoms. The van der Waals surface area contributed by atoms with Crippen LogP contribution in [0.25, 0.3) is 0 Å². The fraction of sp³-hybridized carbons (Fsp3) is 1.00. The molecule has 1 fully saturated rings. The van der Waals surface area contributed by atoms with E-state index in [1.54, 1.807) is 6.92 Å². The lowest BCUT2D eigenvalue weighted by molar-refractivity contribution is -0.108. The van der Waals surface area contributed by atoms with E-state index in [-0.39, 0.29) is 17.2 Å². The van der Waals surface area contributed by atoms with Gasteiger partial charge in [-0.15, -0.1) is 0 Å². The number of hydrogen-bond donors (Lipinski definition) is 2. The van der Waals surface area contributed by atoms with Gasteiger partial charge in [0.25, 0.3) is 0 Å². The van der Waals surface area contributed by atoms with E-state index in [1.165, 1.54) is 0 Å². The van der Waals surface area contributed by atoms with Crippen LogP contribution < -0.4 is 5.32 Å². The van der Waals surface area contributed by atoms with Crippen molar-refractivity contribution >= 4 is 0 Å². The Hall–Kier alpha value is -0.120. The Balaban J connectivity index is 2.47. The largest absolute Gasteiger partial charge is 0.393 e. The molecule has 1 aliphatic rings. The van der Waals surface area contributed by atoms with Crippen molar-refractivity contribution in [3.05, 3.63) is 0 Å². The SMILES string of the molecule is CC(O)CC1(C)CNC(C)(C)CO1. The van der Waals surface area contributed by atoms with E-state index in [9.17, 15) is 5.11 Å². The second-order valence-electron chi connectivity index (χ2n) is 5.03. The third kappa shape index (κ3) is 3.25. The lowest BCUT2D eigenvalue weighted by atomic mass is 9.93. The van der Waals surface area contributed by atoms with E-state index >= 15 is 0 Å². The lowest BCUT2D eigenvalue weighted by Gasteiger charge is -2.43. The van der Waals surface area contributed by atoms with Gasteiger partial charge in [0.15, 0.2) is 0 Å². The minimum Gasteiger partial charge on any atom is -0.393 e. The molecule has 0 saturated carbocycles. The second-order valence-corrected chi connectivity index (χ2v) is 5.03. The van der Waals surface area contributed by atoms with E-state index in [4.69, 9.17) is 4.74 Å². The monoisotopic (exact) mass is 187 g/mol. The van der Waals surface area contributed by atoms with Gasteiger partial charge in [-0.2, -0.15) is 0 Å². The van der Waals surface area contributed by atoms with Crippen LogP contribution in [0.3, 0.4) is 0 Å². The normalized spacial score (nSPS) is 35.8. The zero-order valence-corrected chi connectivity index (χ0v) is 9.05. The van der Waals surface area contributed by atoms with Crippen molar-refractivity contribution in [3.63, 3.8) is 0 Å². The highest BCUT2D eigenvalue weighted by atomic mass is 16.5. The molecule has 1 aliphatic heterocycles. The molecule has 0 aliphatic carbocycles. The first-order chi connectivity index (χ1) is 5.83. The summed E-state index contributed by atoms with van der Waals surface area (Å²) in [5.41, 5.74) is -0.137. The minimum absolute atomic E-state index is 0.0677. The van der Waals surface area contributed by atoms with Gasteiger partial charge in [-0.1, -0.05) is 0 Å². The Morgan fingerprint density at radius 1 is 1.46 bits per heavy atom. The molecule has 78 valence electrons. The molecule has 2 atom stereocenters. The van der Waals surface area contributed by atoms with Gasteiger partial charge in [0.1, 0.15) is 0 Å². The van der Waals surface area contributed by atoms with Crippen molar-refractivity contribution in [3.8, 4) is 0 Å². The Morgan fingerprint density at radius 3 is 2.46 bits per heavy atom. The van der Waals surface area contributed by atoms with Crippen LogP contribution in [0.2, 0.25) is 0 Å². The molecule has 3 nitrogen and oxygen atoms in total. The van der Waals surface area contributed by atoms with Crippen molar-refractivity contribution in [2.24, 2.45) is 0 Å². The molecule has 0 bridgehead atoms. The number of aliphatic hydroxyl groups excluding tert-OH is 1. The van der Waals surface area contributed by atoms with Crippen LogP contribution in [0.5, 0.6) is 0 Å². The average Bonchev–Trinajstić information content (AvgIpc) is 1.95. The highest BCUT2D eigenvalue weighted by Crippen LogP contribution is 2.24. The quantitative estimate of drug-likeness (QED) is 0.675. The highest BCUT2D eigenvalue weighted by Gasteiger charge is 2.35. The number of aliphatic hydroxyl groups is 1. The van der Waals surface area contributed by atoms with Crippen molar-refractivity contribution in [1.82, 2.24) is 5.32 Å². The maximum Gasteiger partial charge on any atom is 0.0803 e. The van der Waals surface area contributed by atoms with Crippen LogP contribution in [0, 0.1) is 0 Å². The topological polar surface area (TPSA) is 41.5 Å². The second kappa shape index (κ2) is 3.56. The van der Waals surface area contributed by atoms with Gasteiger partial charge in [0.2, 0.25) is 0 Å². The number of hydrogen-bond acceptors (Lipinski definition) is 3. The molecule has 3 heteroatoms. The number of rotatable bonds is 2. The van der Waals surface area contributed by atoms with Crippen LogP contribution in [0.15, 0.2) is 0 Å². The van der Waals surface area contributed by atoms with E-state index < -0.39 is 0 Å².